The van der Waals surface area contributed by atoms with Gasteiger partial charge in [0.25, 0.3) is 0 Å². The molecule has 3 rings (SSSR count). The lowest BCUT2D eigenvalue weighted by Gasteiger charge is -2.29. The standard InChI is InChI=1S/C34H53NO3/c1-4-6-8-10-12-13-14-16-18-29-26-37-34(38-27-29)31-19-21-32(35-25-31)30-20-22-33(28(3)24-30)36-23-17-15-11-9-7-5-2/h19-22,24-25,29,34H,4-18,23,26-27H2,1-3H3. The van der Waals surface area contributed by atoms with Crippen LogP contribution in [0.3, 0.4) is 0 Å². The number of ether oxygens (including phenoxy) is 3. The molecule has 38 heavy (non-hydrogen) atoms. The molecule has 1 fully saturated rings. The first kappa shape index (κ1) is 30.6. The van der Waals surface area contributed by atoms with Gasteiger partial charge in [-0.2, -0.15) is 0 Å². The number of pyridine rings is 1. The monoisotopic (exact) mass is 523 g/mol. The molecule has 0 radical (unpaired) electrons. The van der Waals surface area contributed by atoms with Crippen molar-refractivity contribution in [3.05, 3.63) is 47.7 Å². The van der Waals surface area contributed by atoms with Crippen LogP contribution in [-0.2, 0) is 9.47 Å². The lowest BCUT2D eigenvalue weighted by molar-refractivity contribution is -0.206. The van der Waals surface area contributed by atoms with Crippen molar-refractivity contribution in [2.75, 3.05) is 19.8 Å². The van der Waals surface area contributed by atoms with Crippen LogP contribution in [0.2, 0.25) is 0 Å². The van der Waals surface area contributed by atoms with Gasteiger partial charge in [0, 0.05) is 23.2 Å². The van der Waals surface area contributed by atoms with Crippen LogP contribution in [0.25, 0.3) is 11.3 Å². The summed E-state index contributed by atoms with van der Waals surface area (Å²) >= 11 is 0. The maximum Gasteiger partial charge on any atom is 0.185 e. The maximum absolute atomic E-state index is 6.07. The van der Waals surface area contributed by atoms with Gasteiger partial charge in [-0.1, -0.05) is 103 Å². The number of unbranched alkanes of at least 4 members (excludes halogenated alkanes) is 12. The van der Waals surface area contributed by atoms with E-state index in [0.29, 0.717) is 5.92 Å². The first-order chi connectivity index (χ1) is 18.7. The van der Waals surface area contributed by atoms with Gasteiger partial charge in [0.05, 0.1) is 25.5 Å². The molecule has 1 aromatic carbocycles. The third-order valence-corrected chi connectivity index (χ3v) is 7.72. The Morgan fingerprint density at radius 2 is 1.39 bits per heavy atom. The Balaban J connectivity index is 1.35. The van der Waals surface area contributed by atoms with Gasteiger partial charge in [-0.15, -0.1) is 0 Å². The highest BCUT2D eigenvalue weighted by Crippen LogP contribution is 2.30. The smallest absolute Gasteiger partial charge is 0.185 e. The van der Waals surface area contributed by atoms with Gasteiger partial charge in [0.2, 0.25) is 0 Å². The molecule has 1 aliphatic rings. The fourth-order valence-electron chi connectivity index (χ4n) is 5.22. The van der Waals surface area contributed by atoms with E-state index in [-0.39, 0.29) is 6.29 Å². The first-order valence-electron chi connectivity index (χ1n) is 15.6. The van der Waals surface area contributed by atoms with Crippen molar-refractivity contribution in [2.24, 2.45) is 5.92 Å². The summed E-state index contributed by atoms with van der Waals surface area (Å²) in [6.07, 6.45) is 21.4. The van der Waals surface area contributed by atoms with Crippen molar-refractivity contribution in [3.63, 3.8) is 0 Å². The van der Waals surface area contributed by atoms with Crippen LogP contribution in [0.4, 0.5) is 0 Å². The fraction of sp³-hybridized carbons (Fsp3) is 0.676. The highest BCUT2D eigenvalue weighted by molar-refractivity contribution is 5.62. The molecule has 212 valence electrons. The largest absolute Gasteiger partial charge is 0.493 e. The van der Waals surface area contributed by atoms with Gasteiger partial charge in [0.15, 0.2) is 6.29 Å². The minimum Gasteiger partial charge on any atom is -0.493 e. The number of aromatic nitrogens is 1. The summed E-state index contributed by atoms with van der Waals surface area (Å²) in [5.41, 5.74) is 4.22. The minimum absolute atomic E-state index is 0.300. The fourth-order valence-corrected chi connectivity index (χ4v) is 5.22. The number of nitrogens with zero attached hydrogens (tertiary/aromatic N) is 1. The molecule has 4 heteroatoms. The van der Waals surface area contributed by atoms with E-state index in [9.17, 15) is 0 Å². The minimum atomic E-state index is -0.300. The van der Waals surface area contributed by atoms with Crippen LogP contribution in [0.5, 0.6) is 5.75 Å². The summed E-state index contributed by atoms with van der Waals surface area (Å²) in [5, 5.41) is 0. The molecule has 0 unspecified atom stereocenters. The molecule has 0 amide bonds. The highest BCUT2D eigenvalue weighted by Gasteiger charge is 2.23. The van der Waals surface area contributed by atoms with Crippen LogP contribution in [-0.4, -0.2) is 24.8 Å². The van der Waals surface area contributed by atoms with Crippen LogP contribution in [0.15, 0.2) is 36.5 Å². The van der Waals surface area contributed by atoms with E-state index in [4.69, 9.17) is 19.2 Å². The molecule has 2 aromatic rings. The Hall–Kier alpha value is -1.91. The Morgan fingerprint density at radius 1 is 0.763 bits per heavy atom. The average molecular weight is 524 g/mol. The van der Waals surface area contributed by atoms with Gasteiger partial charge in [0.1, 0.15) is 5.75 Å². The van der Waals surface area contributed by atoms with E-state index in [1.165, 1.54) is 89.9 Å². The first-order valence-corrected chi connectivity index (χ1v) is 15.6. The number of rotatable bonds is 19. The van der Waals surface area contributed by atoms with E-state index in [1.54, 1.807) is 0 Å². The molecule has 0 spiro atoms. The quantitative estimate of drug-likeness (QED) is 0.172. The van der Waals surface area contributed by atoms with Crippen LogP contribution in [0.1, 0.15) is 128 Å². The number of aryl methyl sites for hydroxylation is 1. The topological polar surface area (TPSA) is 40.6 Å². The zero-order valence-corrected chi connectivity index (χ0v) is 24.5. The molecule has 1 aliphatic heterocycles. The molecule has 0 aliphatic carbocycles. The van der Waals surface area contributed by atoms with E-state index < -0.39 is 0 Å². The normalized spacial score (nSPS) is 17.6. The van der Waals surface area contributed by atoms with Crippen LogP contribution >= 0.6 is 0 Å². The molecule has 0 N–H and O–H groups in total. The highest BCUT2D eigenvalue weighted by atomic mass is 16.7. The second-order valence-corrected chi connectivity index (χ2v) is 11.2. The summed E-state index contributed by atoms with van der Waals surface area (Å²) in [7, 11) is 0. The van der Waals surface area contributed by atoms with E-state index in [1.807, 2.05) is 6.20 Å². The second-order valence-electron chi connectivity index (χ2n) is 11.2. The van der Waals surface area contributed by atoms with Crippen molar-refractivity contribution in [1.29, 1.82) is 0 Å². The summed E-state index contributed by atoms with van der Waals surface area (Å²) in [5.74, 6) is 1.49. The summed E-state index contributed by atoms with van der Waals surface area (Å²) in [6.45, 7) is 9.00. The molecular formula is C34H53NO3. The van der Waals surface area contributed by atoms with Crippen LogP contribution < -0.4 is 4.74 Å². The Bertz CT molecular complexity index is 874. The summed E-state index contributed by atoms with van der Waals surface area (Å²) in [6, 6.07) is 10.5. The lowest BCUT2D eigenvalue weighted by atomic mass is 10.0. The van der Waals surface area contributed by atoms with Crippen molar-refractivity contribution in [3.8, 4) is 17.0 Å². The molecule has 2 heterocycles. The zero-order chi connectivity index (χ0) is 26.8. The Labute approximate surface area is 232 Å². The van der Waals surface area contributed by atoms with Crippen LogP contribution in [0, 0.1) is 12.8 Å². The number of benzene rings is 1. The van der Waals surface area contributed by atoms with Gasteiger partial charge >= 0.3 is 0 Å². The van der Waals surface area contributed by atoms with Crippen molar-refractivity contribution in [1.82, 2.24) is 4.98 Å². The molecule has 1 aromatic heterocycles. The molecule has 4 nitrogen and oxygen atoms in total. The van der Waals surface area contributed by atoms with Crippen molar-refractivity contribution >= 4 is 0 Å². The lowest BCUT2D eigenvalue weighted by Crippen LogP contribution is -2.27. The predicted octanol–water partition coefficient (Wildman–Crippen LogP) is 9.99. The van der Waals surface area contributed by atoms with Crippen molar-refractivity contribution in [2.45, 2.75) is 123 Å². The predicted molar refractivity (Wildman–Crippen MR) is 159 cm³/mol. The number of hydrogen-bond donors (Lipinski definition) is 0. The summed E-state index contributed by atoms with van der Waals surface area (Å²) in [4.78, 5) is 4.72. The maximum atomic E-state index is 6.07. The van der Waals surface area contributed by atoms with Gasteiger partial charge < -0.3 is 14.2 Å². The summed E-state index contributed by atoms with van der Waals surface area (Å²) < 4.78 is 18.2. The average Bonchev–Trinajstić information content (AvgIpc) is 2.95. The zero-order valence-electron chi connectivity index (χ0n) is 24.5. The van der Waals surface area contributed by atoms with Gasteiger partial charge in [-0.3, -0.25) is 4.98 Å². The Morgan fingerprint density at radius 3 is 2.00 bits per heavy atom. The molecule has 1 saturated heterocycles. The van der Waals surface area contributed by atoms with Crippen molar-refractivity contribution < 1.29 is 14.2 Å². The van der Waals surface area contributed by atoms with E-state index in [0.717, 1.165) is 54.4 Å². The van der Waals surface area contributed by atoms with Gasteiger partial charge in [-0.05, 0) is 49.6 Å². The Kier molecular flexibility index (Phi) is 14.8. The van der Waals surface area contributed by atoms with E-state index >= 15 is 0 Å². The number of hydrogen-bond acceptors (Lipinski definition) is 4. The second kappa shape index (κ2) is 18.4. The molecule has 0 atom stereocenters. The SMILES string of the molecule is CCCCCCCCCCC1COC(c2ccc(-c3ccc(OCCCCCCCC)c(C)c3)nc2)OC1. The van der Waals surface area contributed by atoms with E-state index in [2.05, 4.69) is 51.1 Å². The third-order valence-electron chi connectivity index (χ3n) is 7.72. The molecular weight excluding hydrogens is 470 g/mol. The van der Waals surface area contributed by atoms with Gasteiger partial charge in [-0.25, -0.2) is 0 Å². The third kappa shape index (κ3) is 11.1. The molecule has 0 saturated carbocycles. The molecule has 0 bridgehead atoms.